The highest BCUT2D eigenvalue weighted by atomic mass is 16.5. The van der Waals surface area contributed by atoms with E-state index in [2.05, 4.69) is 5.32 Å². The van der Waals surface area contributed by atoms with E-state index in [-0.39, 0.29) is 6.10 Å². The van der Waals surface area contributed by atoms with Gasteiger partial charge in [-0.25, -0.2) is 4.79 Å². The van der Waals surface area contributed by atoms with Gasteiger partial charge in [0, 0.05) is 13.2 Å². The Hall–Kier alpha value is -0.790. The van der Waals surface area contributed by atoms with Crippen LogP contribution in [0.2, 0.25) is 0 Å². The minimum Gasteiger partial charge on any atom is -0.377 e. The van der Waals surface area contributed by atoms with Gasteiger partial charge in [-0.2, -0.15) is 0 Å². The number of rotatable bonds is 2. The molecule has 0 aromatic rings. The molecule has 1 N–H and O–H groups in total. The summed E-state index contributed by atoms with van der Waals surface area (Å²) in [5.74, 6) is 1.87. The lowest BCUT2D eigenvalue weighted by Crippen LogP contribution is -2.33. The van der Waals surface area contributed by atoms with E-state index >= 15 is 0 Å². The van der Waals surface area contributed by atoms with Crippen LogP contribution in [-0.4, -0.2) is 25.2 Å². The smallest absolute Gasteiger partial charge is 0.148 e. The molecule has 1 aliphatic rings. The van der Waals surface area contributed by atoms with E-state index in [9.17, 15) is 4.79 Å². The summed E-state index contributed by atoms with van der Waals surface area (Å²) in [5.41, 5.74) is 0.582. The van der Waals surface area contributed by atoms with Gasteiger partial charge >= 0.3 is 0 Å². The first-order valence-electron chi connectivity index (χ1n) is 3.99. The van der Waals surface area contributed by atoms with Crippen LogP contribution in [0.4, 0.5) is 0 Å². The Morgan fingerprint density at radius 2 is 2.64 bits per heavy atom. The van der Waals surface area contributed by atoms with Gasteiger partial charge in [-0.1, -0.05) is 0 Å². The average molecular weight is 155 g/mol. The molecular formula is C8H13NO2. The molecule has 0 amide bonds. The molecular weight excluding hydrogens is 142 g/mol. The molecule has 0 saturated carbocycles. The van der Waals surface area contributed by atoms with Crippen molar-refractivity contribution in [2.24, 2.45) is 0 Å². The second kappa shape index (κ2) is 4.16. The first-order chi connectivity index (χ1) is 5.38. The lowest BCUT2D eigenvalue weighted by Gasteiger charge is -2.23. The lowest BCUT2D eigenvalue weighted by atomic mass is 10.1. The molecule has 1 saturated heterocycles. The fourth-order valence-corrected chi connectivity index (χ4v) is 1.24. The Morgan fingerprint density at radius 3 is 3.27 bits per heavy atom. The molecule has 3 heteroatoms. The van der Waals surface area contributed by atoms with Crippen molar-refractivity contribution in [3.8, 4) is 0 Å². The molecule has 1 atom stereocenters. The molecule has 1 heterocycles. The summed E-state index contributed by atoms with van der Waals surface area (Å²) in [5, 5.41) is 2.97. The maximum absolute atomic E-state index is 10.3. The van der Waals surface area contributed by atoms with Crippen molar-refractivity contribution in [3.63, 3.8) is 0 Å². The fourth-order valence-electron chi connectivity index (χ4n) is 1.24. The summed E-state index contributed by atoms with van der Waals surface area (Å²) in [6, 6.07) is 0. The van der Waals surface area contributed by atoms with E-state index in [4.69, 9.17) is 4.74 Å². The summed E-state index contributed by atoms with van der Waals surface area (Å²) in [6.45, 7) is 3.45. The van der Waals surface area contributed by atoms with Gasteiger partial charge in [0.15, 0.2) is 0 Å². The van der Waals surface area contributed by atoms with Crippen molar-refractivity contribution in [2.75, 3.05) is 13.2 Å². The van der Waals surface area contributed by atoms with Crippen LogP contribution in [0.15, 0.2) is 5.70 Å². The highest BCUT2D eigenvalue weighted by Gasteiger charge is 2.18. The Morgan fingerprint density at radius 1 is 1.82 bits per heavy atom. The van der Waals surface area contributed by atoms with Gasteiger partial charge in [0.2, 0.25) is 0 Å². The SMILES string of the molecule is CCOC1CCCNC1=C=O. The number of ether oxygens (including phenoxy) is 1. The van der Waals surface area contributed by atoms with Gasteiger partial charge < -0.3 is 10.1 Å². The summed E-state index contributed by atoms with van der Waals surface area (Å²) >= 11 is 0. The Bertz CT molecular complexity index is 171. The molecule has 1 fully saturated rings. The van der Waals surface area contributed by atoms with Crippen molar-refractivity contribution < 1.29 is 9.53 Å². The van der Waals surface area contributed by atoms with E-state index in [0.29, 0.717) is 12.3 Å². The van der Waals surface area contributed by atoms with E-state index < -0.39 is 0 Å². The summed E-state index contributed by atoms with van der Waals surface area (Å²) < 4.78 is 5.32. The standard InChI is InChI=1S/C8H13NO2/c1-2-11-8-4-3-5-9-7(8)6-10/h8-9H,2-5H2,1H3. The number of piperidine rings is 1. The second-order valence-electron chi connectivity index (χ2n) is 2.53. The van der Waals surface area contributed by atoms with Crippen LogP contribution >= 0.6 is 0 Å². The molecule has 11 heavy (non-hydrogen) atoms. The van der Waals surface area contributed by atoms with Gasteiger partial charge in [-0.05, 0) is 19.8 Å². The molecule has 0 radical (unpaired) electrons. The molecule has 0 aromatic carbocycles. The number of hydrogen-bond acceptors (Lipinski definition) is 3. The Labute approximate surface area is 66.4 Å². The molecule has 3 nitrogen and oxygen atoms in total. The van der Waals surface area contributed by atoms with E-state index in [1.54, 1.807) is 0 Å². The van der Waals surface area contributed by atoms with Crippen molar-refractivity contribution in [1.29, 1.82) is 0 Å². The van der Waals surface area contributed by atoms with Crippen molar-refractivity contribution in [3.05, 3.63) is 5.70 Å². The number of nitrogens with one attached hydrogen (secondary N) is 1. The van der Waals surface area contributed by atoms with Crippen LogP contribution in [-0.2, 0) is 9.53 Å². The Kier molecular flexibility index (Phi) is 3.14. The van der Waals surface area contributed by atoms with Crippen LogP contribution in [0.5, 0.6) is 0 Å². The fraction of sp³-hybridized carbons (Fsp3) is 0.750. The van der Waals surface area contributed by atoms with E-state index in [1.165, 1.54) is 0 Å². The normalized spacial score (nSPS) is 24.1. The second-order valence-corrected chi connectivity index (χ2v) is 2.53. The van der Waals surface area contributed by atoms with E-state index in [1.807, 2.05) is 12.9 Å². The predicted molar refractivity (Wildman–Crippen MR) is 41.9 cm³/mol. The summed E-state index contributed by atoms with van der Waals surface area (Å²) in [4.78, 5) is 10.3. The molecule has 1 rings (SSSR count). The van der Waals surface area contributed by atoms with Crippen molar-refractivity contribution in [1.82, 2.24) is 5.32 Å². The summed E-state index contributed by atoms with van der Waals surface area (Å²) in [7, 11) is 0. The minimum atomic E-state index is -0.0359. The highest BCUT2D eigenvalue weighted by molar-refractivity contribution is 5.53. The van der Waals surface area contributed by atoms with Crippen LogP contribution in [0.3, 0.4) is 0 Å². The molecule has 0 aliphatic carbocycles. The van der Waals surface area contributed by atoms with Crippen LogP contribution < -0.4 is 5.32 Å². The maximum atomic E-state index is 10.3. The minimum absolute atomic E-state index is 0.0359. The zero-order valence-electron chi connectivity index (χ0n) is 6.72. The monoisotopic (exact) mass is 155 g/mol. The molecule has 0 bridgehead atoms. The molecule has 0 aromatic heterocycles. The van der Waals surface area contributed by atoms with Crippen LogP contribution in [0.1, 0.15) is 19.8 Å². The van der Waals surface area contributed by atoms with Gasteiger partial charge in [0.05, 0.1) is 0 Å². The zero-order chi connectivity index (χ0) is 8.10. The van der Waals surface area contributed by atoms with Gasteiger partial charge in [0.1, 0.15) is 17.7 Å². The quantitative estimate of drug-likeness (QED) is 0.590. The third kappa shape index (κ3) is 2.07. The number of carbonyl (C=O) groups excluding carboxylic acids is 1. The topological polar surface area (TPSA) is 38.3 Å². The zero-order valence-corrected chi connectivity index (χ0v) is 6.72. The highest BCUT2D eigenvalue weighted by Crippen LogP contribution is 2.12. The largest absolute Gasteiger partial charge is 0.377 e. The molecule has 1 aliphatic heterocycles. The summed E-state index contributed by atoms with van der Waals surface area (Å²) in [6.07, 6.45) is 1.97. The third-order valence-electron chi connectivity index (χ3n) is 1.76. The van der Waals surface area contributed by atoms with Crippen LogP contribution in [0.25, 0.3) is 0 Å². The first kappa shape index (κ1) is 8.31. The van der Waals surface area contributed by atoms with Crippen molar-refractivity contribution >= 4 is 5.94 Å². The molecule has 0 spiro atoms. The van der Waals surface area contributed by atoms with Gasteiger partial charge in [-0.15, -0.1) is 0 Å². The van der Waals surface area contributed by atoms with Gasteiger partial charge in [0.25, 0.3) is 0 Å². The molecule has 62 valence electrons. The van der Waals surface area contributed by atoms with E-state index in [0.717, 1.165) is 19.4 Å². The molecule has 1 unspecified atom stereocenters. The van der Waals surface area contributed by atoms with Crippen molar-refractivity contribution in [2.45, 2.75) is 25.9 Å². The number of hydrogen-bond donors (Lipinski definition) is 1. The maximum Gasteiger partial charge on any atom is 0.148 e. The third-order valence-corrected chi connectivity index (χ3v) is 1.76. The predicted octanol–water partition coefficient (Wildman–Crippen LogP) is 0.490. The lowest BCUT2D eigenvalue weighted by molar-refractivity contribution is 0.0693. The Balaban J connectivity index is 2.52. The van der Waals surface area contributed by atoms with Crippen LogP contribution in [0, 0.1) is 0 Å². The average Bonchev–Trinajstić information content (AvgIpc) is 2.06. The first-order valence-corrected chi connectivity index (χ1v) is 3.99. The van der Waals surface area contributed by atoms with Gasteiger partial charge in [-0.3, -0.25) is 0 Å².